The highest BCUT2D eigenvalue weighted by Gasteiger charge is 2.07. The van der Waals surface area contributed by atoms with Crippen LogP contribution in [0.3, 0.4) is 0 Å². The Balaban J connectivity index is 1.97. The molecule has 0 radical (unpaired) electrons. The van der Waals surface area contributed by atoms with Crippen LogP contribution in [0.25, 0.3) is 6.20 Å². The number of benzene rings is 1. The van der Waals surface area contributed by atoms with E-state index in [-0.39, 0.29) is 11.8 Å². The van der Waals surface area contributed by atoms with Crippen LogP contribution in [0.1, 0.15) is 19.4 Å². The molecular weight excluding hydrogens is 264 g/mol. The normalized spacial score (nSPS) is 10.4. The summed E-state index contributed by atoms with van der Waals surface area (Å²) in [4.78, 5) is 11.7. The molecule has 1 aromatic carbocycles. The van der Waals surface area contributed by atoms with E-state index in [9.17, 15) is 4.79 Å². The van der Waals surface area contributed by atoms with Crippen molar-refractivity contribution >= 4 is 23.5 Å². The van der Waals surface area contributed by atoms with Crippen molar-refractivity contribution in [1.82, 2.24) is 9.78 Å². The maximum Gasteiger partial charge on any atom is 0.226 e. The lowest BCUT2D eigenvalue weighted by Crippen LogP contribution is -2.17. The van der Waals surface area contributed by atoms with Crippen LogP contribution in [-0.2, 0) is 11.3 Å². The summed E-state index contributed by atoms with van der Waals surface area (Å²) in [5.74, 6) is -0.0224. The van der Waals surface area contributed by atoms with Crippen molar-refractivity contribution in [2.45, 2.75) is 20.4 Å². The van der Waals surface area contributed by atoms with Gasteiger partial charge in [-0.25, -0.2) is 4.68 Å². The first kappa shape index (κ1) is 14.8. The summed E-state index contributed by atoms with van der Waals surface area (Å²) < 4.78 is 1.66. The Bertz CT molecular complexity index is 631. The lowest BCUT2D eigenvalue weighted by Gasteiger charge is -2.10. The largest absolute Gasteiger partial charge is 0.381 e. The van der Waals surface area contributed by atoms with Gasteiger partial charge in [0.05, 0.1) is 6.20 Å². The summed E-state index contributed by atoms with van der Waals surface area (Å²) in [7, 11) is 0. The van der Waals surface area contributed by atoms with Crippen molar-refractivity contribution in [3.63, 3.8) is 0 Å². The highest BCUT2D eigenvalue weighted by atomic mass is 16.1. The predicted molar refractivity (Wildman–Crippen MR) is 85.9 cm³/mol. The van der Waals surface area contributed by atoms with Crippen molar-refractivity contribution < 1.29 is 4.79 Å². The number of amides is 1. The molecule has 21 heavy (non-hydrogen) atoms. The van der Waals surface area contributed by atoms with Gasteiger partial charge in [-0.1, -0.05) is 26.5 Å². The maximum atomic E-state index is 11.7. The highest BCUT2D eigenvalue weighted by molar-refractivity contribution is 5.92. The van der Waals surface area contributed by atoms with Gasteiger partial charge < -0.3 is 10.6 Å². The van der Waals surface area contributed by atoms with E-state index in [0.29, 0.717) is 6.54 Å². The summed E-state index contributed by atoms with van der Waals surface area (Å²) in [6, 6.07) is 7.66. The second-order valence-electron chi connectivity index (χ2n) is 5.09. The summed E-state index contributed by atoms with van der Waals surface area (Å²) in [5, 5.41) is 10.3. The number of rotatable bonds is 6. The number of hydrogen-bond donors (Lipinski definition) is 2. The molecule has 0 aliphatic rings. The van der Waals surface area contributed by atoms with Crippen molar-refractivity contribution in [3.8, 4) is 0 Å². The molecule has 0 aliphatic heterocycles. The fourth-order valence-corrected chi connectivity index (χ4v) is 1.77. The van der Waals surface area contributed by atoms with Gasteiger partial charge in [0.2, 0.25) is 5.91 Å². The molecule has 1 heterocycles. The zero-order valence-corrected chi connectivity index (χ0v) is 12.3. The Kier molecular flexibility index (Phi) is 4.77. The fourth-order valence-electron chi connectivity index (χ4n) is 1.77. The third-order valence-electron chi connectivity index (χ3n) is 2.99. The second kappa shape index (κ2) is 6.74. The van der Waals surface area contributed by atoms with Crippen LogP contribution in [0, 0.1) is 5.92 Å². The maximum absolute atomic E-state index is 11.7. The van der Waals surface area contributed by atoms with Crippen molar-refractivity contribution in [3.05, 3.63) is 48.8 Å². The van der Waals surface area contributed by atoms with E-state index in [1.165, 1.54) is 0 Å². The number of aromatic nitrogens is 2. The Morgan fingerprint density at radius 2 is 2.19 bits per heavy atom. The number of anilines is 2. The van der Waals surface area contributed by atoms with Crippen LogP contribution in [0.15, 0.2) is 43.2 Å². The Morgan fingerprint density at radius 3 is 2.86 bits per heavy atom. The molecule has 1 aromatic heterocycles. The van der Waals surface area contributed by atoms with Gasteiger partial charge in [-0.15, -0.1) is 0 Å². The van der Waals surface area contributed by atoms with Gasteiger partial charge in [-0.05, 0) is 18.2 Å². The van der Waals surface area contributed by atoms with Crippen LogP contribution in [0.4, 0.5) is 11.4 Å². The quantitative estimate of drug-likeness (QED) is 0.856. The SMILES string of the molecule is C=Cn1cc(CNc2cccc(NC(=O)C(C)C)c2)cn1. The number of carbonyl (C=O) groups is 1. The standard InChI is InChI=1S/C16H20N4O/c1-4-20-11-13(10-18-20)9-17-14-6-5-7-15(8-14)19-16(21)12(2)3/h4-8,10-12,17H,1,9H2,2-3H3,(H,19,21). The first-order valence-corrected chi connectivity index (χ1v) is 6.89. The lowest BCUT2D eigenvalue weighted by atomic mass is 10.2. The van der Waals surface area contributed by atoms with Crippen LogP contribution >= 0.6 is 0 Å². The molecule has 0 atom stereocenters. The molecule has 5 nitrogen and oxygen atoms in total. The van der Waals surface area contributed by atoms with Crippen molar-refractivity contribution in [2.24, 2.45) is 5.92 Å². The Labute approximate surface area is 124 Å². The number of nitrogens with one attached hydrogen (secondary N) is 2. The van der Waals surface area contributed by atoms with Crippen molar-refractivity contribution in [2.75, 3.05) is 10.6 Å². The van der Waals surface area contributed by atoms with E-state index in [0.717, 1.165) is 16.9 Å². The molecule has 0 fully saturated rings. The van der Waals surface area contributed by atoms with Crippen LogP contribution in [0.2, 0.25) is 0 Å². The molecule has 2 aromatic rings. The molecule has 0 unspecified atom stereocenters. The van der Waals surface area contributed by atoms with E-state index in [1.807, 2.05) is 44.3 Å². The monoisotopic (exact) mass is 284 g/mol. The van der Waals surface area contributed by atoms with E-state index in [1.54, 1.807) is 17.1 Å². The molecule has 110 valence electrons. The minimum absolute atomic E-state index is 0.0133. The van der Waals surface area contributed by atoms with Gasteiger partial charge in [0.25, 0.3) is 0 Å². The number of nitrogens with zero attached hydrogens (tertiary/aromatic N) is 2. The summed E-state index contributed by atoms with van der Waals surface area (Å²) >= 11 is 0. The molecule has 1 amide bonds. The molecule has 0 bridgehead atoms. The zero-order valence-electron chi connectivity index (χ0n) is 12.3. The molecule has 2 N–H and O–H groups in total. The minimum atomic E-state index is -0.0358. The van der Waals surface area contributed by atoms with Gasteiger partial charge in [0.15, 0.2) is 0 Å². The van der Waals surface area contributed by atoms with Crippen LogP contribution < -0.4 is 10.6 Å². The Hall–Kier alpha value is -2.56. The number of carbonyl (C=O) groups excluding carboxylic acids is 1. The molecule has 0 aliphatic carbocycles. The molecule has 5 heteroatoms. The van der Waals surface area contributed by atoms with Crippen molar-refractivity contribution in [1.29, 1.82) is 0 Å². The Morgan fingerprint density at radius 1 is 1.43 bits per heavy atom. The lowest BCUT2D eigenvalue weighted by molar-refractivity contribution is -0.118. The molecular formula is C16H20N4O. The second-order valence-corrected chi connectivity index (χ2v) is 5.09. The van der Waals surface area contributed by atoms with Gasteiger partial charge in [-0.2, -0.15) is 5.10 Å². The van der Waals surface area contributed by atoms with E-state index in [4.69, 9.17) is 0 Å². The smallest absolute Gasteiger partial charge is 0.226 e. The molecule has 0 saturated carbocycles. The van der Waals surface area contributed by atoms with Crippen LogP contribution in [-0.4, -0.2) is 15.7 Å². The first-order chi connectivity index (χ1) is 10.1. The number of hydrogen-bond acceptors (Lipinski definition) is 3. The third-order valence-corrected chi connectivity index (χ3v) is 2.99. The molecule has 0 spiro atoms. The van der Waals surface area contributed by atoms with Gasteiger partial charge in [-0.3, -0.25) is 4.79 Å². The van der Waals surface area contributed by atoms with Gasteiger partial charge >= 0.3 is 0 Å². The van der Waals surface area contributed by atoms with Gasteiger partial charge in [0.1, 0.15) is 0 Å². The average molecular weight is 284 g/mol. The summed E-state index contributed by atoms with van der Waals surface area (Å²) in [5.41, 5.74) is 2.80. The van der Waals surface area contributed by atoms with Crippen LogP contribution in [0.5, 0.6) is 0 Å². The topological polar surface area (TPSA) is 59.0 Å². The predicted octanol–water partition coefficient (Wildman–Crippen LogP) is 3.19. The fraction of sp³-hybridized carbons (Fsp3) is 0.250. The van der Waals surface area contributed by atoms with E-state index < -0.39 is 0 Å². The first-order valence-electron chi connectivity index (χ1n) is 6.89. The van der Waals surface area contributed by atoms with E-state index >= 15 is 0 Å². The zero-order chi connectivity index (χ0) is 15.2. The highest BCUT2D eigenvalue weighted by Crippen LogP contribution is 2.16. The average Bonchev–Trinajstić information content (AvgIpc) is 2.93. The van der Waals surface area contributed by atoms with E-state index in [2.05, 4.69) is 22.3 Å². The molecule has 2 rings (SSSR count). The van der Waals surface area contributed by atoms with Gasteiger partial charge in [0, 0.05) is 41.8 Å². The summed E-state index contributed by atoms with van der Waals surface area (Å²) in [6.45, 7) is 8.06. The summed E-state index contributed by atoms with van der Waals surface area (Å²) in [6.07, 6.45) is 5.34. The molecule has 0 saturated heterocycles. The third kappa shape index (κ3) is 4.21. The minimum Gasteiger partial charge on any atom is -0.381 e.